The number of benzene rings is 1. The molecule has 0 heterocycles. The standard InChI is InChI=1S/C22H36O5/c1-22(18-23,19-24)21(25)27-16-12-7-5-3-2-4-6-11-15-26-17-20-13-9-8-10-14-20/h8-10,13-14,23-24H,2-7,11-12,15-19H2,1H3. The van der Waals surface area contributed by atoms with Crippen molar-refractivity contribution in [3.8, 4) is 0 Å². The predicted molar refractivity (Wildman–Crippen MR) is 106 cm³/mol. The third-order valence-corrected chi connectivity index (χ3v) is 4.72. The SMILES string of the molecule is CC(CO)(CO)C(=O)OCCCCCCCCCCOCc1ccccc1. The number of carbonyl (C=O) groups is 1. The van der Waals surface area contributed by atoms with Crippen molar-refractivity contribution in [3.63, 3.8) is 0 Å². The minimum Gasteiger partial charge on any atom is -0.465 e. The fraction of sp³-hybridized carbons (Fsp3) is 0.682. The lowest BCUT2D eigenvalue weighted by atomic mass is 9.93. The predicted octanol–water partition coefficient (Wildman–Crippen LogP) is 3.86. The van der Waals surface area contributed by atoms with Crippen LogP contribution in [-0.2, 0) is 20.9 Å². The van der Waals surface area contributed by atoms with Gasteiger partial charge in [-0.25, -0.2) is 0 Å². The van der Waals surface area contributed by atoms with Crippen LogP contribution in [0.3, 0.4) is 0 Å². The molecule has 0 amide bonds. The van der Waals surface area contributed by atoms with Crippen LogP contribution >= 0.6 is 0 Å². The maximum atomic E-state index is 11.7. The Morgan fingerprint density at radius 1 is 0.852 bits per heavy atom. The topological polar surface area (TPSA) is 76.0 Å². The largest absolute Gasteiger partial charge is 0.465 e. The zero-order chi connectivity index (χ0) is 19.8. The number of rotatable bonds is 16. The van der Waals surface area contributed by atoms with Crippen molar-refractivity contribution in [2.45, 2.75) is 64.9 Å². The quantitative estimate of drug-likeness (QED) is 0.336. The second-order valence-electron chi connectivity index (χ2n) is 7.38. The van der Waals surface area contributed by atoms with E-state index in [0.717, 1.165) is 32.3 Å². The number of hydrogen-bond donors (Lipinski definition) is 2. The van der Waals surface area contributed by atoms with Crippen molar-refractivity contribution in [1.29, 1.82) is 0 Å². The Balaban J connectivity index is 1.84. The number of aliphatic hydroxyl groups is 2. The molecule has 0 atom stereocenters. The Hall–Kier alpha value is -1.43. The van der Waals surface area contributed by atoms with E-state index in [9.17, 15) is 4.79 Å². The van der Waals surface area contributed by atoms with Crippen LogP contribution in [0, 0.1) is 5.41 Å². The number of carbonyl (C=O) groups excluding carboxylic acids is 1. The summed E-state index contributed by atoms with van der Waals surface area (Å²) in [5.41, 5.74) is 0.0330. The molecule has 1 aromatic carbocycles. The van der Waals surface area contributed by atoms with Crippen LogP contribution in [0.2, 0.25) is 0 Å². The number of unbranched alkanes of at least 4 members (excludes halogenated alkanes) is 7. The van der Waals surface area contributed by atoms with E-state index < -0.39 is 24.6 Å². The molecule has 0 unspecified atom stereocenters. The van der Waals surface area contributed by atoms with E-state index in [1.165, 1.54) is 38.2 Å². The summed E-state index contributed by atoms with van der Waals surface area (Å²) in [4.78, 5) is 11.7. The number of aliphatic hydroxyl groups excluding tert-OH is 2. The minimum absolute atomic E-state index is 0.354. The summed E-state index contributed by atoms with van der Waals surface area (Å²) in [5, 5.41) is 18.3. The van der Waals surface area contributed by atoms with Crippen LogP contribution in [0.25, 0.3) is 0 Å². The maximum absolute atomic E-state index is 11.7. The van der Waals surface area contributed by atoms with Gasteiger partial charge in [0.15, 0.2) is 0 Å². The van der Waals surface area contributed by atoms with Crippen LogP contribution < -0.4 is 0 Å². The first-order valence-electron chi connectivity index (χ1n) is 10.1. The Morgan fingerprint density at radius 2 is 1.37 bits per heavy atom. The van der Waals surface area contributed by atoms with Gasteiger partial charge in [0.1, 0.15) is 5.41 Å². The fourth-order valence-corrected chi connectivity index (χ4v) is 2.65. The van der Waals surface area contributed by atoms with Crippen LogP contribution in [-0.4, -0.2) is 42.6 Å². The first-order chi connectivity index (χ1) is 13.1. The summed E-state index contributed by atoms with van der Waals surface area (Å²) >= 11 is 0. The Kier molecular flexibility index (Phi) is 12.8. The van der Waals surface area contributed by atoms with E-state index >= 15 is 0 Å². The smallest absolute Gasteiger partial charge is 0.316 e. The number of ether oxygens (including phenoxy) is 2. The highest BCUT2D eigenvalue weighted by Crippen LogP contribution is 2.17. The van der Waals surface area contributed by atoms with Crippen LogP contribution in [0.1, 0.15) is 63.9 Å². The van der Waals surface area contributed by atoms with E-state index in [4.69, 9.17) is 19.7 Å². The zero-order valence-corrected chi connectivity index (χ0v) is 16.7. The highest BCUT2D eigenvalue weighted by atomic mass is 16.5. The van der Waals surface area contributed by atoms with Crippen molar-refractivity contribution >= 4 is 5.97 Å². The van der Waals surface area contributed by atoms with E-state index in [0.29, 0.717) is 13.2 Å². The molecule has 5 heteroatoms. The molecular weight excluding hydrogens is 344 g/mol. The van der Waals surface area contributed by atoms with Gasteiger partial charge in [0.25, 0.3) is 0 Å². The fourth-order valence-electron chi connectivity index (χ4n) is 2.65. The van der Waals surface area contributed by atoms with E-state index in [1.54, 1.807) is 0 Å². The Morgan fingerprint density at radius 3 is 1.93 bits per heavy atom. The van der Waals surface area contributed by atoms with Gasteiger partial charge < -0.3 is 19.7 Å². The maximum Gasteiger partial charge on any atom is 0.316 e. The third-order valence-electron chi connectivity index (χ3n) is 4.72. The second-order valence-corrected chi connectivity index (χ2v) is 7.38. The zero-order valence-electron chi connectivity index (χ0n) is 16.7. The highest BCUT2D eigenvalue weighted by molar-refractivity contribution is 5.76. The molecule has 27 heavy (non-hydrogen) atoms. The molecule has 0 aliphatic rings. The van der Waals surface area contributed by atoms with Crippen molar-refractivity contribution in [3.05, 3.63) is 35.9 Å². The molecule has 0 radical (unpaired) electrons. The lowest BCUT2D eigenvalue weighted by Crippen LogP contribution is -2.37. The first kappa shape index (κ1) is 23.6. The molecule has 0 bridgehead atoms. The van der Waals surface area contributed by atoms with Gasteiger partial charge in [-0.1, -0.05) is 68.9 Å². The molecule has 1 aromatic rings. The van der Waals surface area contributed by atoms with Gasteiger partial charge in [0.2, 0.25) is 0 Å². The third kappa shape index (κ3) is 10.5. The average Bonchev–Trinajstić information content (AvgIpc) is 2.71. The van der Waals surface area contributed by atoms with Crippen molar-refractivity contribution in [2.24, 2.45) is 5.41 Å². The summed E-state index contributed by atoms with van der Waals surface area (Å²) in [6.07, 6.45) is 8.96. The molecule has 0 fully saturated rings. The summed E-state index contributed by atoms with van der Waals surface area (Å²) in [5.74, 6) is -0.526. The van der Waals surface area contributed by atoms with Crippen molar-refractivity contribution < 1.29 is 24.5 Å². The van der Waals surface area contributed by atoms with Crippen LogP contribution in [0.15, 0.2) is 30.3 Å². The Bertz CT molecular complexity index is 485. The van der Waals surface area contributed by atoms with Gasteiger partial charge in [-0.15, -0.1) is 0 Å². The summed E-state index contributed by atoms with van der Waals surface area (Å²) in [6, 6.07) is 10.2. The summed E-state index contributed by atoms with van der Waals surface area (Å²) in [7, 11) is 0. The van der Waals surface area contributed by atoms with E-state index in [1.807, 2.05) is 18.2 Å². The van der Waals surface area contributed by atoms with Gasteiger partial charge in [-0.3, -0.25) is 4.79 Å². The minimum atomic E-state index is -1.19. The van der Waals surface area contributed by atoms with E-state index in [2.05, 4.69) is 12.1 Å². The van der Waals surface area contributed by atoms with Gasteiger partial charge in [0.05, 0.1) is 26.4 Å². The summed E-state index contributed by atoms with van der Waals surface area (Å²) < 4.78 is 10.8. The van der Waals surface area contributed by atoms with E-state index in [-0.39, 0.29) is 0 Å². The molecule has 0 spiro atoms. The normalized spacial score (nSPS) is 11.5. The number of hydrogen-bond acceptors (Lipinski definition) is 5. The molecule has 0 aromatic heterocycles. The lowest BCUT2D eigenvalue weighted by molar-refractivity contribution is -0.160. The van der Waals surface area contributed by atoms with Gasteiger partial charge in [-0.05, 0) is 25.3 Å². The first-order valence-corrected chi connectivity index (χ1v) is 10.1. The second kappa shape index (κ2) is 14.6. The Labute approximate surface area is 163 Å². The molecular formula is C22H36O5. The molecule has 2 N–H and O–H groups in total. The highest BCUT2D eigenvalue weighted by Gasteiger charge is 2.33. The van der Waals surface area contributed by atoms with Gasteiger partial charge in [0, 0.05) is 6.61 Å². The molecule has 0 saturated heterocycles. The molecule has 0 aliphatic carbocycles. The van der Waals surface area contributed by atoms with Crippen molar-refractivity contribution in [2.75, 3.05) is 26.4 Å². The van der Waals surface area contributed by atoms with Crippen LogP contribution in [0.5, 0.6) is 0 Å². The molecule has 154 valence electrons. The summed E-state index contributed by atoms with van der Waals surface area (Å²) in [6.45, 7) is 2.57. The monoisotopic (exact) mass is 380 g/mol. The van der Waals surface area contributed by atoms with Crippen molar-refractivity contribution in [1.82, 2.24) is 0 Å². The van der Waals surface area contributed by atoms with Crippen LogP contribution in [0.4, 0.5) is 0 Å². The molecule has 0 aliphatic heterocycles. The molecule has 0 saturated carbocycles. The number of esters is 1. The lowest BCUT2D eigenvalue weighted by Gasteiger charge is -2.22. The van der Waals surface area contributed by atoms with Gasteiger partial charge in [-0.2, -0.15) is 0 Å². The molecule has 5 nitrogen and oxygen atoms in total. The molecule has 1 rings (SSSR count). The van der Waals surface area contributed by atoms with Gasteiger partial charge >= 0.3 is 5.97 Å². The average molecular weight is 381 g/mol.